The molecule has 1 aromatic rings. The van der Waals surface area contributed by atoms with Gasteiger partial charge in [-0.15, -0.1) is 0 Å². The highest BCUT2D eigenvalue weighted by atomic mass is 16.3. The number of rotatable bonds is 3. The van der Waals surface area contributed by atoms with Crippen molar-refractivity contribution in [2.24, 2.45) is 7.05 Å². The first-order chi connectivity index (χ1) is 5.18. The van der Waals surface area contributed by atoms with E-state index in [0.29, 0.717) is 0 Å². The monoisotopic (exact) mass is 154 g/mol. The van der Waals surface area contributed by atoms with Crippen LogP contribution in [0.2, 0.25) is 0 Å². The maximum atomic E-state index is 8.99. The van der Waals surface area contributed by atoms with Gasteiger partial charge in [0.2, 0.25) is 0 Å². The third kappa shape index (κ3) is 2.72. The first-order valence-electron chi connectivity index (χ1n) is 3.85. The molecule has 0 aliphatic carbocycles. The van der Waals surface area contributed by atoms with Crippen LogP contribution in [0, 0.1) is 0 Å². The number of hydrogen-bond acceptors (Lipinski definition) is 2. The van der Waals surface area contributed by atoms with Gasteiger partial charge in [0.15, 0.2) is 0 Å². The van der Waals surface area contributed by atoms with Gasteiger partial charge < -0.3 is 5.11 Å². The average Bonchev–Trinajstić information content (AvgIpc) is 2.31. The number of aryl methyl sites for hydroxylation is 2. The van der Waals surface area contributed by atoms with Crippen molar-refractivity contribution in [3.8, 4) is 0 Å². The zero-order chi connectivity index (χ0) is 8.27. The lowest BCUT2D eigenvalue weighted by atomic mass is 10.2. The minimum absolute atomic E-state index is 0.225. The second-order valence-electron chi connectivity index (χ2n) is 2.87. The van der Waals surface area contributed by atoms with Gasteiger partial charge in [-0.05, 0) is 25.8 Å². The van der Waals surface area contributed by atoms with Gasteiger partial charge in [0.25, 0.3) is 0 Å². The molecular weight excluding hydrogens is 140 g/mol. The van der Waals surface area contributed by atoms with E-state index in [1.54, 1.807) is 11.6 Å². The number of aliphatic hydroxyl groups excluding tert-OH is 1. The van der Waals surface area contributed by atoms with E-state index >= 15 is 0 Å². The zero-order valence-corrected chi connectivity index (χ0v) is 6.99. The van der Waals surface area contributed by atoms with E-state index in [4.69, 9.17) is 5.11 Å². The summed E-state index contributed by atoms with van der Waals surface area (Å²) in [6, 6.07) is 1.97. The standard InChI is InChI=1S/C8H14N2O/c1-7(11)3-4-8-5-6-10(2)9-8/h5-7,11H,3-4H2,1-2H3. The minimum Gasteiger partial charge on any atom is -0.393 e. The van der Waals surface area contributed by atoms with Crippen LogP contribution < -0.4 is 0 Å². The highest BCUT2D eigenvalue weighted by Crippen LogP contribution is 2.01. The van der Waals surface area contributed by atoms with Crippen LogP contribution in [0.25, 0.3) is 0 Å². The van der Waals surface area contributed by atoms with Crippen LogP contribution >= 0.6 is 0 Å². The number of aliphatic hydroxyl groups is 1. The SMILES string of the molecule is CC(O)CCc1ccn(C)n1. The number of aromatic nitrogens is 2. The van der Waals surface area contributed by atoms with Gasteiger partial charge in [-0.1, -0.05) is 0 Å². The van der Waals surface area contributed by atoms with E-state index in [-0.39, 0.29) is 6.10 Å². The van der Waals surface area contributed by atoms with E-state index < -0.39 is 0 Å². The topological polar surface area (TPSA) is 38.0 Å². The Labute approximate surface area is 66.7 Å². The average molecular weight is 154 g/mol. The van der Waals surface area contributed by atoms with Gasteiger partial charge in [0, 0.05) is 13.2 Å². The fourth-order valence-corrected chi connectivity index (χ4v) is 0.953. The molecule has 0 aromatic carbocycles. The van der Waals surface area contributed by atoms with Crippen molar-refractivity contribution in [2.45, 2.75) is 25.9 Å². The third-order valence-electron chi connectivity index (χ3n) is 1.59. The Hall–Kier alpha value is -0.830. The molecule has 1 rings (SSSR count). The van der Waals surface area contributed by atoms with E-state index in [1.807, 2.05) is 19.3 Å². The van der Waals surface area contributed by atoms with Gasteiger partial charge in [-0.2, -0.15) is 5.10 Å². The fraction of sp³-hybridized carbons (Fsp3) is 0.625. The van der Waals surface area contributed by atoms with Crippen molar-refractivity contribution in [3.05, 3.63) is 18.0 Å². The Bertz CT molecular complexity index is 218. The summed E-state index contributed by atoms with van der Waals surface area (Å²) >= 11 is 0. The number of hydrogen-bond donors (Lipinski definition) is 1. The molecule has 11 heavy (non-hydrogen) atoms. The predicted molar refractivity (Wildman–Crippen MR) is 43.2 cm³/mol. The van der Waals surface area contributed by atoms with Crippen LogP contribution in [-0.4, -0.2) is 21.0 Å². The van der Waals surface area contributed by atoms with E-state index in [1.165, 1.54) is 0 Å². The molecule has 0 fully saturated rings. The van der Waals surface area contributed by atoms with Crippen LogP contribution in [0.5, 0.6) is 0 Å². The molecule has 0 bridgehead atoms. The summed E-state index contributed by atoms with van der Waals surface area (Å²) in [4.78, 5) is 0. The zero-order valence-electron chi connectivity index (χ0n) is 6.99. The molecule has 62 valence electrons. The molecule has 3 nitrogen and oxygen atoms in total. The summed E-state index contributed by atoms with van der Waals surface area (Å²) in [5, 5.41) is 13.2. The molecule has 1 heterocycles. The lowest BCUT2D eigenvalue weighted by molar-refractivity contribution is 0.184. The lowest BCUT2D eigenvalue weighted by Gasteiger charge is -1.99. The molecule has 0 aliphatic rings. The summed E-state index contributed by atoms with van der Waals surface area (Å²) in [6.45, 7) is 1.79. The fourth-order valence-electron chi connectivity index (χ4n) is 0.953. The first kappa shape index (κ1) is 8.27. The van der Waals surface area contributed by atoms with Crippen LogP contribution in [0.3, 0.4) is 0 Å². The predicted octanol–water partition coefficient (Wildman–Crippen LogP) is 0.733. The largest absolute Gasteiger partial charge is 0.393 e. The van der Waals surface area contributed by atoms with Crippen LogP contribution in [-0.2, 0) is 13.5 Å². The van der Waals surface area contributed by atoms with Crippen molar-refractivity contribution in [1.29, 1.82) is 0 Å². The van der Waals surface area contributed by atoms with Crippen molar-refractivity contribution in [3.63, 3.8) is 0 Å². The molecule has 1 N–H and O–H groups in total. The molecule has 0 saturated heterocycles. The quantitative estimate of drug-likeness (QED) is 0.697. The summed E-state index contributed by atoms with van der Waals surface area (Å²) in [6.07, 6.45) is 3.34. The molecule has 0 amide bonds. The second kappa shape index (κ2) is 3.53. The minimum atomic E-state index is -0.225. The summed E-state index contributed by atoms with van der Waals surface area (Å²) < 4.78 is 1.78. The Morgan fingerprint density at radius 2 is 2.45 bits per heavy atom. The summed E-state index contributed by atoms with van der Waals surface area (Å²) in [5.41, 5.74) is 1.05. The van der Waals surface area contributed by atoms with Crippen molar-refractivity contribution >= 4 is 0 Å². The molecule has 0 saturated carbocycles. The molecule has 0 radical (unpaired) electrons. The van der Waals surface area contributed by atoms with Crippen LogP contribution in [0.1, 0.15) is 19.0 Å². The molecular formula is C8H14N2O. The first-order valence-corrected chi connectivity index (χ1v) is 3.85. The van der Waals surface area contributed by atoms with Crippen molar-refractivity contribution in [1.82, 2.24) is 9.78 Å². The summed E-state index contributed by atoms with van der Waals surface area (Å²) in [5.74, 6) is 0. The maximum absolute atomic E-state index is 8.99. The van der Waals surface area contributed by atoms with Crippen LogP contribution in [0.15, 0.2) is 12.3 Å². The van der Waals surface area contributed by atoms with E-state index in [2.05, 4.69) is 5.10 Å². The van der Waals surface area contributed by atoms with Gasteiger partial charge >= 0.3 is 0 Å². The third-order valence-corrected chi connectivity index (χ3v) is 1.59. The summed E-state index contributed by atoms with van der Waals surface area (Å²) in [7, 11) is 1.89. The molecule has 0 spiro atoms. The second-order valence-corrected chi connectivity index (χ2v) is 2.87. The van der Waals surface area contributed by atoms with Gasteiger partial charge in [-0.25, -0.2) is 0 Å². The van der Waals surface area contributed by atoms with Crippen molar-refractivity contribution in [2.75, 3.05) is 0 Å². The van der Waals surface area contributed by atoms with Gasteiger partial charge in [-0.3, -0.25) is 4.68 Å². The molecule has 1 unspecified atom stereocenters. The van der Waals surface area contributed by atoms with E-state index in [9.17, 15) is 0 Å². The van der Waals surface area contributed by atoms with Crippen LogP contribution in [0.4, 0.5) is 0 Å². The Balaban J connectivity index is 2.39. The number of nitrogens with zero attached hydrogens (tertiary/aromatic N) is 2. The molecule has 1 atom stereocenters. The molecule has 3 heteroatoms. The Morgan fingerprint density at radius 3 is 2.91 bits per heavy atom. The molecule has 0 aliphatic heterocycles. The van der Waals surface area contributed by atoms with E-state index in [0.717, 1.165) is 18.5 Å². The highest BCUT2D eigenvalue weighted by Gasteiger charge is 1.99. The maximum Gasteiger partial charge on any atom is 0.0625 e. The van der Waals surface area contributed by atoms with Gasteiger partial charge in [0.05, 0.1) is 11.8 Å². The van der Waals surface area contributed by atoms with Gasteiger partial charge in [0.1, 0.15) is 0 Å². The lowest BCUT2D eigenvalue weighted by Crippen LogP contribution is -2.02. The van der Waals surface area contributed by atoms with Crippen molar-refractivity contribution < 1.29 is 5.11 Å². The normalized spacial score (nSPS) is 13.4. The Kier molecular flexibility index (Phi) is 2.65. The Morgan fingerprint density at radius 1 is 1.73 bits per heavy atom. The molecule has 1 aromatic heterocycles. The smallest absolute Gasteiger partial charge is 0.0625 e. The highest BCUT2D eigenvalue weighted by molar-refractivity contribution is 4.98.